The zero-order valence-corrected chi connectivity index (χ0v) is 19.5. The lowest BCUT2D eigenvalue weighted by Crippen LogP contribution is -2.30. The minimum atomic E-state index is -1.06. The van der Waals surface area contributed by atoms with Gasteiger partial charge in [0.1, 0.15) is 0 Å². The van der Waals surface area contributed by atoms with Gasteiger partial charge in [0.25, 0.3) is 0 Å². The van der Waals surface area contributed by atoms with E-state index in [1.165, 1.54) is 36.4 Å². The number of rotatable bonds is 7. The van der Waals surface area contributed by atoms with Gasteiger partial charge in [-0.25, -0.2) is 13.2 Å². The third kappa shape index (κ3) is 5.26. The van der Waals surface area contributed by atoms with E-state index in [1.54, 1.807) is 24.3 Å². The highest BCUT2D eigenvalue weighted by molar-refractivity contribution is 5.72. The van der Waals surface area contributed by atoms with Crippen LogP contribution in [0.5, 0.6) is 5.75 Å². The zero-order valence-electron chi connectivity index (χ0n) is 19.5. The predicted molar refractivity (Wildman–Crippen MR) is 126 cm³/mol. The average Bonchev–Trinajstić information content (AvgIpc) is 2.88. The summed E-state index contributed by atoms with van der Waals surface area (Å²) < 4.78 is 75.2. The lowest BCUT2D eigenvalue weighted by molar-refractivity contribution is -0.159. The Hall–Kier alpha value is -3.16. The van der Waals surface area contributed by atoms with Crippen LogP contribution in [0.3, 0.4) is 0 Å². The molecule has 0 saturated carbocycles. The molecule has 1 saturated heterocycles. The topological polar surface area (TPSA) is 27.7 Å². The lowest BCUT2D eigenvalue weighted by Gasteiger charge is -2.28. The third-order valence-corrected chi connectivity index (χ3v) is 5.84. The molecule has 1 fully saturated rings. The van der Waals surface area contributed by atoms with Crippen molar-refractivity contribution < 1.29 is 31.8 Å². The van der Waals surface area contributed by atoms with Crippen molar-refractivity contribution in [2.75, 3.05) is 19.8 Å². The molecule has 0 N–H and O–H groups in total. The van der Waals surface area contributed by atoms with Gasteiger partial charge >= 0.3 is 0 Å². The largest absolute Gasteiger partial charge is 0.490 e. The summed E-state index contributed by atoms with van der Waals surface area (Å²) in [7, 11) is 0. The molecule has 1 aliphatic rings. The Bertz CT molecular complexity index is 1200. The monoisotopic (exact) mass is 486 g/mol. The first-order valence-corrected chi connectivity index (χ1v) is 11.5. The smallest absolute Gasteiger partial charge is 0.201 e. The number of benzene rings is 3. The highest BCUT2D eigenvalue weighted by Gasteiger charge is 2.27. The maximum absolute atomic E-state index is 15.0. The van der Waals surface area contributed by atoms with E-state index in [0.717, 1.165) is 0 Å². The standard InChI is InChI=1S/C28H26F4O3/c1-3-5-24-34-15-19(16-35-24)22-11-10-20(25(29)26(22)30)17-6-8-18(9-7-17)21-12-13-23(33-14-4-2)28(32)27(21)31/h3,5-13,19,24H,4,14-16H2,1-2H3. The summed E-state index contributed by atoms with van der Waals surface area (Å²) in [5.41, 5.74) is 1.11. The molecule has 184 valence electrons. The molecule has 0 amide bonds. The summed E-state index contributed by atoms with van der Waals surface area (Å²) >= 11 is 0. The van der Waals surface area contributed by atoms with Crippen LogP contribution in [0.25, 0.3) is 22.3 Å². The molecular formula is C28H26F4O3. The number of allylic oxidation sites excluding steroid dienone is 1. The van der Waals surface area contributed by atoms with Crippen molar-refractivity contribution in [3.63, 3.8) is 0 Å². The van der Waals surface area contributed by atoms with Gasteiger partial charge in [0.05, 0.1) is 19.8 Å². The molecule has 1 aliphatic heterocycles. The highest BCUT2D eigenvalue weighted by atomic mass is 19.2. The van der Waals surface area contributed by atoms with E-state index in [-0.39, 0.29) is 42.3 Å². The molecule has 3 nitrogen and oxygen atoms in total. The molecule has 0 bridgehead atoms. The maximum atomic E-state index is 15.0. The van der Waals surface area contributed by atoms with Crippen molar-refractivity contribution in [1.29, 1.82) is 0 Å². The Kier molecular flexibility index (Phi) is 7.88. The average molecular weight is 487 g/mol. The Morgan fingerprint density at radius 1 is 0.800 bits per heavy atom. The highest BCUT2D eigenvalue weighted by Crippen LogP contribution is 2.34. The quantitative estimate of drug-likeness (QED) is 0.257. The van der Waals surface area contributed by atoms with Gasteiger partial charge < -0.3 is 14.2 Å². The first-order valence-electron chi connectivity index (χ1n) is 11.5. The van der Waals surface area contributed by atoms with Crippen molar-refractivity contribution in [2.45, 2.75) is 32.5 Å². The summed E-state index contributed by atoms with van der Waals surface area (Å²) in [6.45, 7) is 4.41. The Morgan fingerprint density at radius 3 is 1.94 bits per heavy atom. The van der Waals surface area contributed by atoms with E-state index in [2.05, 4.69) is 0 Å². The van der Waals surface area contributed by atoms with Crippen LogP contribution in [0.2, 0.25) is 0 Å². The molecule has 1 heterocycles. The van der Waals surface area contributed by atoms with Gasteiger partial charge in [-0.1, -0.05) is 49.4 Å². The molecule has 4 rings (SSSR count). The van der Waals surface area contributed by atoms with Gasteiger partial charge in [-0.05, 0) is 48.2 Å². The van der Waals surface area contributed by atoms with Gasteiger partial charge in [0, 0.05) is 17.0 Å². The second-order valence-corrected chi connectivity index (χ2v) is 8.25. The van der Waals surface area contributed by atoms with E-state index in [1.807, 2.05) is 13.8 Å². The minimum absolute atomic E-state index is 0.0495. The van der Waals surface area contributed by atoms with E-state index in [9.17, 15) is 17.6 Å². The molecule has 0 aliphatic carbocycles. The summed E-state index contributed by atoms with van der Waals surface area (Å²) in [5.74, 6) is -4.60. The van der Waals surface area contributed by atoms with Crippen LogP contribution in [0.4, 0.5) is 17.6 Å². The molecule has 0 unspecified atom stereocenters. The second kappa shape index (κ2) is 11.1. The van der Waals surface area contributed by atoms with Crippen LogP contribution in [0.1, 0.15) is 31.7 Å². The fourth-order valence-electron chi connectivity index (χ4n) is 3.98. The maximum Gasteiger partial charge on any atom is 0.201 e. The molecular weight excluding hydrogens is 460 g/mol. The van der Waals surface area contributed by atoms with Crippen molar-refractivity contribution >= 4 is 0 Å². The molecule has 3 aromatic carbocycles. The Labute approximate surface area is 202 Å². The summed E-state index contributed by atoms with van der Waals surface area (Å²) in [5, 5.41) is 0. The molecule has 3 aromatic rings. The molecule has 0 atom stereocenters. The van der Waals surface area contributed by atoms with Gasteiger partial charge in [-0.15, -0.1) is 0 Å². The van der Waals surface area contributed by atoms with Gasteiger partial charge in [-0.2, -0.15) is 4.39 Å². The predicted octanol–water partition coefficient (Wildman–Crippen LogP) is 7.40. The summed E-state index contributed by atoms with van der Waals surface area (Å²) in [6.07, 6.45) is 3.73. The first-order chi connectivity index (χ1) is 16.9. The molecule has 35 heavy (non-hydrogen) atoms. The third-order valence-electron chi connectivity index (χ3n) is 5.84. The minimum Gasteiger partial charge on any atom is -0.490 e. The normalized spacial score (nSPS) is 18.2. The first kappa shape index (κ1) is 24.9. The second-order valence-electron chi connectivity index (χ2n) is 8.25. The summed E-state index contributed by atoms with van der Waals surface area (Å²) in [4.78, 5) is 0. The summed E-state index contributed by atoms with van der Waals surface area (Å²) in [6, 6.07) is 12.0. The number of halogens is 4. The van der Waals surface area contributed by atoms with Crippen LogP contribution in [-0.2, 0) is 9.47 Å². The van der Waals surface area contributed by atoms with Crippen LogP contribution in [0.15, 0.2) is 60.7 Å². The van der Waals surface area contributed by atoms with Crippen LogP contribution >= 0.6 is 0 Å². The zero-order chi connectivity index (χ0) is 24.9. The van der Waals surface area contributed by atoms with Crippen LogP contribution in [0, 0.1) is 23.3 Å². The molecule has 0 aromatic heterocycles. The van der Waals surface area contributed by atoms with E-state index >= 15 is 0 Å². The van der Waals surface area contributed by atoms with Gasteiger partial charge in [-0.3, -0.25) is 0 Å². The van der Waals surface area contributed by atoms with E-state index < -0.39 is 35.5 Å². The fraction of sp³-hybridized carbons (Fsp3) is 0.286. The van der Waals surface area contributed by atoms with Crippen molar-refractivity contribution in [3.05, 3.63) is 89.5 Å². The fourth-order valence-corrected chi connectivity index (χ4v) is 3.98. The van der Waals surface area contributed by atoms with Crippen molar-refractivity contribution in [1.82, 2.24) is 0 Å². The molecule has 0 spiro atoms. The number of hydrogen-bond acceptors (Lipinski definition) is 3. The molecule has 0 radical (unpaired) electrons. The van der Waals surface area contributed by atoms with Gasteiger partial charge in [0.2, 0.25) is 5.82 Å². The van der Waals surface area contributed by atoms with E-state index in [0.29, 0.717) is 17.5 Å². The van der Waals surface area contributed by atoms with E-state index in [4.69, 9.17) is 14.2 Å². The molecule has 7 heteroatoms. The Balaban J connectivity index is 1.55. The van der Waals surface area contributed by atoms with Crippen LogP contribution < -0.4 is 4.74 Å². The van der Waals surface area contributed by atoms with Crippen LogP contribution in [-0.4, -0.2) is 26.1 Å². The number of hydrogen-bond donors (Lipinski definition) is 0. The Morgan fingerprint density at radius 2 is 1.37 bits per heavy atom. The lowest BCUT2D eigenvalue weighted by atomic mass is 9.94. The van der Waals surface area contributed by atoms with Gasteiger partial charge in [0.15, 0.2) is 29.5 Å². The van der Waals surface area contributed by atoms with Crippen molar-refractivity contribution in [3.8, 4) is 28.0 Å². The van der Waals surface area contributed by atoms with Crippen molar-refractivity contribution in [2.24, 2.45) is 0 Å². The number of ether oxygens (including phenoxy) is 3. The SMILES string of the molecule is CC=CC1OCC(c2ccc(-c3ccc(-c4ccc(OCCC)c(F)c4F)cc3)c(F)c2F)CO1.